The first-order valence-electron chi connectivity index (χ1n) is 5.66. The highest BCUT2D eigenvalue weighted by Crippen LogP contribution is 2.31. The van der Waals surface area contributed by atoms with Gasteiger partial charge in [-0.25, -0.2) is 0 Å². The maximum absolute atomic E-state index is 11.7. The van der Waals surface area contributed by atoms with Gasteiger partial charge in [-0.2, -0.15) is 0 Å². The van der Waals surface area contributed by atoms with Gasteiger partial charge in [-0.15, -0.1) is 0 Å². The van der Waals surface area contributed by atoms with Crippen LogP contribution < -0.4 is 9.47 Å². The van der Waals surface area contributed by atoms with Crippen molar-refractivity contribution in [3.8, 4) is 11.5 Å². The number of ether oxygens (including phenoxy) is 3. The first-order valence-corrected chi connectivity index (χ1v) is 5.66. The molecule has 6 nitrogen and oxygen atoms in total. The SMILES string of the molecule is CCOC(=O)C(C(=O)O)c1ccc(OC)c(OC)c1. The number of carbonyl (C=O) groups is 2. The maximum atomic E-state index is 11.7. The van der Waals surface area contributed by atoms with Gasteiger partial charge in [0, 0.05) is 0 Å². The molecule has 1 aromatic rings. The highest BCUT2D eigenvalue weighted by Gasteiger charge is 2.30. The number of hydrogen-bond donors (Lipinski definition) is 1. The van der Waals surface area contributed by atoms with Crippen molar-refractivity contribution in [2.75, 3.05) is 20.8 Å². The number of rotatable bonds is 6. The van der Waals surface area contributed by atoms with Crippen molar-refractivity contribution < 1.29 is 28.9 Å². The van der Waals surface area contributed by atoms with Crippen molar-refractivity contribution in [1.82, 2.24) is 0 Å². The van der Waals surface area contributed by atoms with Gasteiger partial charge in [-0.1, -0.05) is 6.07 Å². The van der Waals surface area contributed by atoms with E-state index >= 15 is 0 Å². The van der Waals surface area contributed by atoms with Crippen LogP contribution in [0.25, 0.3) is 0 Å². The minimum atomic E-state index is -1.38. The minimum absolute atomic E-state index is 0.121. The highest BCUT2D eigenvalue weighted by atomic mass is 16.5. The number of carbonyl (C=O) groups excluding carboxylic acids is 1. The third-order valence-corrected chi connectivity index (χ3v) is 2.51. The lowest BCUT2D eigenvalue weighted by atomic mass is 9.99. The minimum Gasteiger partial charge on any atom is -0.493 e. The smallest absolute Gasteiger partial charge is 0.324 e. The predicted molar refractivity (Wildman–Crippen MR) is 66.6 cm³/mol. The summed E-state index contributed by atoms with van der Waals surface area (Å²) in [4.78, 5) is 22.9. The molecule has 1 aromatic carbocycles. The Labute approximate surface area is 110 Å². The van der Waals surface area contributed by atoms with Crippen molar-refractivity contribution >= 4 is 11.9 Å². The summed E-state index contributed by atoms with van der Waals surface area (Å²) in [6.45, 7) is 1.74. The zero-order valence-electron chi connectivity index (χ0n) is 11.0. The molecule has 0 spiro atoms. The summed E-state index contributed by atoms with van der Waals surface area (Å²) in [6.07, 6.45) is 0. The van der Waals surface area contributed by atoms with E-state index in [4.69, 9.17) is 19.3 Å². The van der Waals surface area contributed by atoms with Gasteiger partial charge >= 0.3 is 11.9 Å². The fourth-order valence-electron chi connectivity index (χ4n) is 1.64. The molecule has 0 radical (unpaired) electrons. The molecule has 0 saturated carbocycles. The lowest BCUT2D eigenvalue weighted by Crippen LogP contribution is -2.23. The molecular formula is C13H16O6. The fraction of sp³-hybridized carbons (Fsp3) is 0.385. The number of carboxylic acid groups (broad SMARTS) is 1. The molecule has 1 rings (SSSR count). The number of carboxylic acids is 1. The van der Waals surface area contributed by atoms with Crippen LogP contribution >= 0.6 is 0 Å². The molecule has 19 heavy (non-hydrogen) atoms. The van der Waals surface area contributed by atoms with E-state index < -0.39 is 17.9 Å². The summed E-state index contributed by atoms with van der Waals surface area (Å²) < 4.78 is 14.9. The van der Waals surface area contributed by atoms with Crippen molar-refractivity contribution in [2.24, 2.45) is 0 Å². The Morgan fingerprint density at radius 2 is 1.84 bits per heavy atom. The number of hydrogen-bond acceptors (Lipinski definition) is 5. The van der Waals surface area contributed by atoms with E-state index in [-0.39, 0.29) is 12.2 Å². The molecule has 0 bridgehead atoms. The van der Waals surface area contributed by atoms with Gasteiger partial charge in [0.25, 0.3) is 0 Å². The van der Waals surface area contributed by atoms with E-state index in [0.29, 0.717) is 11.5 Å². The zero-order valence-corrected chi connectivity index (χ0v) is 11.0. The average molecular weight is 268 g/mol. The molecule has 1 atom stereocenters. The van der Waals surface area contributed by atoms with Crippen LogP contribution in [0.5, 0.6) is 11.5 Å². The van der Waals surface area contributed by atoms with E-state index in [1.165, 1.54) is 26.4 Å². The highest BCUT2D eigenvalue weighted by molar-refractivity contribution is 6.00. The number of aliphatic carboxylic acids is 1. The van der Waals surface area contributed by atoms with Crippen LogP contribution in [0.1, 0.15) is 18.4 Å². The first kappa shape index (κ1) is 14.8. The Kier molecular flexibility index (Phi) is 5.17. The van der Waals surface area contributed by atoms with E-state index in [2.05, 4.69) is 0 Å². The second kappa shape index (κ2) is 6.63. The van der Waals surface area contributed by atoms with E-state index in [9.17, 15) is 9.59 Å². The molecule has 0 fully saturated rings. The standard InChI is InChI=1S/C13H16O6/c1-4-19-13(16)11(12(14)15)8-5-6-9(17-2)10(7-8)18-3/h5-7,11H,4H2,1-3H3,(H,14,15). The van der Waals surface area contributed by atoms with E-state index in [1.807, 2.05) is 0 Å². The van der Waals surface area contributed by atoms with Crippen LogP contribution in [-0.4, -0.2) is 37.9 Å². The Hall–Kier alpha value is -2.24. The molecule has 6 heteroatoms. The van der Waals surface area contributed by atoms with Crippen LogP contribution in [0.2, 0.25) is 0 Å². The second-order valence-electron chi connectivity index (χ2n) is 3.64. The summed E-state index contributed by atoms with van der Waals surface area (Å²) >= 11 is 0. The summed E-state index contributed by atoms with van der Waals surface area (Å²) in [6, 6.07) is 4.49. The van der Waals surface area contributed by atoms with Crippen molar-refractivity contribution in [1.29, 1.82) is 0 Å². The molecule has 0 saturated heterocycles. The van der Waals surface area contributed by atoms with Gasteiger partial charge in [0.15, 0.2) is 17.4 Å². The quantitative estimate of drug-likeness (QED) is 0.621. The Balaban J connectivity index is 3.16. The Bertz CT molecular complexity index is 468. The van der Waals surface area contributed by atoms with Gasteiger partial charge in [0.05, 0.1) is 20.8 Å². The largest absolute Gasteiger partial charge is 0.493 e. The third kappa shape index (κ3) is 3.37. The normalized spacial score (nSPS) is 11.5. The number of esters is 1. The topological polar surface area (TPSA) is 82.1 Å². The lowest BCUT2D eigenvalue weighted by Gasteiger charge is -2.14. The summed E-state index contributed by atoms with van der Waals surface area (Å²) in [5.74, 6) is -2.64. The molecular weight excluding hydrogens is 252 g/mol. The van der Waals surface area contributed by atoms with Crippen LogP contribution in [0, 0.1) is 0 Å². The molecule has 0 heterocycles. The maximum Gasteiger partial charge on any atom is 0.324 e. The monoisotopic (exact) mass is 268 g/mol. The Morgan fingerprint density at radius 3 is 2.32 bits per heavy atom. The van der Waals surface area contributed by atoms with Gasteiger partial charge in [-0.3, -0.25) is 9.59 Å². The van der Waals surface area contributed by atoms with Crippen molar-refractivity contribution in [3.05, 3.63) is 23.8 Å². The van der Waals surface area contributed by atoms with Crippen LogP contribution in [0.3, 0.4) is 0 Å². The van der Waals surface area contributed by atoms with E-state index in [0.717, 1.165) is 0 Å². The van der Waals surface area contributed by atoms with E-state index in [1.54, 1.807) is 13.0 Å². The summed E-state index contributed by atoms with van der Waals surface area (Å²) in [5, 5.41) is 9.14. The fourth-order valence-corrected chi connectivity index (χ4v) is 1.64. The third-order valence-electron chi connectivity index (χ3n) is 2.51. The second-order valence-corrected chi connectivity index (χ2v) is 3.64. The van der Waals surface area contributed by atoms with Crippen molar-refractivity contribution in [2.45, 2.75) is 12.8 Å². The molecule has 104 valence electrons. The zero-order chi connectivity index (χ0) is 14.4. The van der Waals surface area contributed by atoms with Gasteiger partial charge < -0.3 is 19.3 Å². The van der Waals surface area contributed by atoms with Crippen LogP contribution in [-0.2, 0) is 14.3 Å². The molecule has 0 aromatic heterocycles. The lowest BCUT2D eigenvalue weighted by molar-refractivity contribution is -0.153. The molecule has 0 aliphatic heterocycles. The first-order chi connectivity index (χ1) is 9.04. The molecule has 0 aliphatic carbocycles. The number of methoxy groups -OCH3 is 2. The van der Waals surface area contributed by atoms with Crippen LogP contribution in [0.15, 0.2) is 18.2 Å². The van der Waals surface area contributed by atoms with Gasteiger partial charge in [0.1, 0.15) is 0 Å². The summed E-state index contributed by atoms with van der Waals surface area (Å²) in [7, 11) is 2.90. The molecule has 0 aliphatic rings. The molecule has 0 amide bonds. The Morgan fingerprint density at radius 1 is 1.21 bits per heavy atom. The van der Waals surface area contributed by atoms with Crippen LogP contribution in [0.4, 0.5) is 0 Å². The molecule has 1 N–H and O–H groups in total. The summed E-state index contributed by atoms with van der Waals surface area (Å²) in [5.41, 5.74) is 0.281. The van der Waals surface area contributed by atoms with Crippen molar-refractivity contribution in [3.63, 3.8) is 0 Å². The van der Waals surface area contributed by atoms with Gasteiger partial charge in [-0.05, 0) is 24.6 Å². The van der Waals surface area contributed by atoms with Gasteiger partial charge in [0.2, 0.25) is 0 Å². The number of benzene rings is 1. The average Bonchev–Trinajstić information content (AvgIpc) is 2.38. The predicted octanol–water partition coefficient (Wildman–Crippen LogP) is 1.44. The molecule has 1 unspecified atom stereocenters.